The highest BCUT2D eigenvalue weighted by molar-refractivity contribution is 7.22. The average molecular weight is 619 g/mol. The van der Waals surface area contributed by atoms with E-state index in [1.54, 1.807) is 24.3 Å². The number of ketones is 1. The third-order valence-electron chi connectivity index (χ3n) is 7.31. The Labute approximate surface area is 264 Å². The Kier molecular flexibility index (Phi) is 8.61. The van der Waals surface area contributed by atoms with Crippen LogP contribution in [0.3, 0.4) is 0 Å². The Balaban J connectivity index is 1.41. The number of hydrogen-bond donors (Lipinski definition) is 1. The van der Waals surface area contributed by atoms with E-state index in [2.05, 4.69) is 0 Å². The number of ether oxygens (including phenoxy) is 3. The maximum absolute atomic E-state index is 13.7. The van der Waals surface area contributed by atoms with Gasteiger partial charge in [0.15, 0.2) is 28.2 Å². The molecule has 1 N–H and O–H groups in total. The molecule has 1 aromatic heterocycles. The molecule has 0 aliphatic carbocycles. The van der Waals surface area contributed by atoms with E-state index in [0.29, 0.717) is 46.7 Å². The zero-order valence-corrected chi connectivity index (χ0v) is 25.5. The minimum absolute atomic E-state index is 0.0542. The lowest BCUT2D eigenvalue weighted by molar-refractivity contribution is -0.117. The molecule has 0 saturated heterocycles. The summed E-state index contributed by atoms with van der Waals surface area (Å²) in [4.78, 5) is 33.5. The van der Waals surface area contributed by atoms with Gasteiger partial charge in [-0.3, -0.25) is 14.5 Å². The molecule has 1 amide bonds. The lowest BCUT2D eigenvalue weighted by Crippen LogP contribution is -2.30. The molecule has 1 aliphatic rings. The van der Waals surface area contributed by atoms with Gasteiger partial charge in [-0.15, -0.1) is 0 Å². The number of carbonyl (C=O) groups is 2. The SMILES string of the molecule is CCOc1ccc2nc(N3C(=O)C(O)=C(C(=O)/C=C/c4ccccc4)C3c3ccc(OCc4ccccc4)c(OC)c3)sc2c1. The van der Waals surface area contributed by atoms with Crippen molar-refractivity contribution in [2.45, 2.75) is 19.6 Å². The van der Waals surface area contributed by atoms with Gasteiger partial charge in [0.05, 0.1) is 35.5 Å². The number of aliphatic hydroxyl groups excluding tert-OH is 1. The fourth-order valence-corrected chi connectivity index (χ4v) is 6.18. The number of hydrogen-bond acceptors (Lipinski definition) is 8. The van der Waals surface area contributed by atoms with Gasteiger partial charge in [-0.25, -0.2) is 4.98 Å². The van der Waals surface area contributed by atoms with Crippen LogP contribution >= 0.6 is 11.3 Å². The topological polar surface area (TPSA) is 98.2 Å². The van der Waals surface area contributed by atoms with Crippen molar-refractivity contribution in [1.29, 1.82) is 0 Å². The molecule has 0 saturated carbocycles. The van der Waals surface area contributed by atoms with Crippen LogP contribution in [0.15, 0.2) is 114 Å². The number of carbonyl (C=O) groups excluding carboxylic acids is 2. The molecule has 4 aromatic carbocycles. The second-order valence-corrected chi connectivity index (χ2v) is 11.2. The van der Waals surface area contributed by atoms with Crippen molar-refractivity contribution >= 4 is 44.5 Å². The van der Waals surface area contributed by atoms with Gasteiger partial charge >= 0.3 is 0 Å². The number of aliphatic hydroxyl groups is 1. The minimum Gasteiger partial charge on any atom is -0.503 e. The van der Waals surface area contributed by atoms with Crippen molar-refractivity contribution in [1.82, 2.24) is 4.98 Å². The normalized spacial score (nSPS) is 14.8. The summed E-state index contributed by atoms with van der Waals surface area (Å²) in [5.41, 5.74) is 2.95. The molecule has 6 rings (SSSR count). The molecule has 0 spiro atoms. The summed E-state index contributed by atoms with van der Waals surface area (Å²) in [5.74, 6) is -0.248. The van der Waals surface area contributed by atoms with Crippen molar-refractivity contribution in [2.24, 2.45) is 0 Å². The highest BCUT2D eigenvalue weighted by Gasteiger charge is 2.45. The van der Waals surface area contributed by atoms with Crippen LogP contribution in [0.25, 0.3) is 16.3 Å². The second-order valence-electron chi connectivity index (χ2n) is 10.2. The van der Waals surface area contributed by atoms with Crippen molar-refractivity contribution in [3.8, 4) is 17.2 Å². The number of anilines is 1. The lowest BCUT2D eigenvalue weighted by atomic mass is 9.95. The zero-order valence-electron chi connectivity index (χ0n) is 24.7. The van der Waals surface area contributed by atoms with Crippen LogP contribution in [-0.4, -0.2) is 35.5 Å². The summed E-state index contributed by atoms with van der Waals surface area (Å²) in [7, 11) is 1.53. The Hall–Kier alpha value is -5.41. The third kappa shape index (κ3) is 6.16. The number of methoxy groups -OCH3 is 1. The number of thiazole rings is 1. The summed E-state index contributed by atoms with van der Waals surface area (Å²) < 4.78 is 18.2. The molecule has 45 heavy (non-hydrogen) atoms. The number of benzene rings is 4. The van der Waals surface area contributed by atoms with Gasteiger partial charge in [-0.05, 0) is 60.0 Å². The Morgan fingerprint density at radius 1 is 0.956 bits per heavy atom. The summed E-state index contributed by atoms with van der Waals surface area (Å²) in [6.45, 7) is 2.74. The number of amides is 1. The summed E-state index contributed by atoms with van der Waals surface area (Å²) >= 11 is 1.27. The van der Waals surface area contributed by atoms with E-state index in [1.807, 2.05) is 85.8 Å². The van der Waals surface area contributed by atoms with Crippen molar-refractivity contribution in [2.75, 3.05) is 18.6 Å². The monoisotopic (exact) mass is 618 g/mol. The molecule has 0 radical (unpaired) electrons. The van der Waals surface area contributed by atoms with Crippen LogP contribution in [0.1, 0.15) is 29.7 Å². The largest absolute Gasteiger partial charge is 0.503 e. The van der Waals surface area contributed by atoms with Crippen molar-refractivity contribution in [3.63, 3.8) is 0 Å². The first kappa shape index (κ1) is 29.7. The van der Waals surface area contributed by atoms with E-state index in [0.717, 1.165) is 15.8 Å². The van der Waals surface area contributed by atoms with Crippen molar-refractivity contribution in [3.05, 3.63) is 131 Å². The highest BCUT2D eigenvalue weighted by Crippen LogP contribution is 2.45. The van der Waals surface area contributed by atoms with Crippen LogP contribution in [0.2, 0.25) is 0 Å². The quantitative estimate of drug-likeness (QED) is 0.153. The first-order chi connectivity index (χ1) is 22.0. The minimum atomic E-state index is -0.977. The van der Waals surface area contributed by atoms with Gasteiger partial charge in [0.2, 0.25) is 0 Å². The molecule has 1 unspecified atom stereocenters. The molecule has 9 heteroatoms. The first-order valence-corrected chi connectivity index (χ1v) is 15.2. The molecular formula is C36H30N2O6S. The number of rotatable bonds is 11. The maximum atomic E-state index is 13.7. The molecule has 2 heterocycles. The molecule has 226 valence electrons. The molecule has 8 nitrogen and oxygen atoms in total. The van der Waals surface area contributed by atoms with E-state index < -0.39 is 23.5 Å². The van der Waals surface area contributed by atoms with Gasteiger partial charge in [0.1, 0.15) is 12.4 Å². The first-order valence-electron chi connectivity index (χ1n) is 14.4. The number of fused-ring (bicyclic) bond motifs is 1. The molecular weight excluding hydrogens is 588 g/mol. The fourth-order valence-electron chi connectivity index (χ4n) is 5.16. The standard InChI is InChI=1S/C36H30N2O6S/c1-3-43-26-16-17-27-31(21-26)45-36(37-27)38-33(32(34(40)35(38)41)28(39)18-14-23-10-6-4-7-11-23)25-15-19-29(30(20-25)42-2)44-22-24-12-8-5-9-13-24/h4-21,33,40H,3,22H2,1-2H3/b18-14+. The van der Waals surface area contributed by atoms with Gasteiger partial charge < -0.3 is 19.3 Å². The van der Waals surface area contributed by atoms with Gasteiger partial charge in [-0.1, -0.05) is 84.1 Å². The van der Waals surface area contributed by atoms with Crippen LogP contribution in [0.5, 0.6) is 17.2 Å². The smallest absolute Gasteiger partial charge is 0.296 e. The fraction of sp³-hybridized carbons (Fsp3) is 0.139. The number of allylic oxidation sites excluding steroid dienone is 1. The van der Waals surface area contributed by atoms with Crippen molar-refractivity contribution < 1.29 is 28.9 Å². The lowest BCUT2D eigenvalue weighted by Gasteiger charge is -2.25. The Morgan fingerprint density at radius 3 is 2.44 bits per heavy atom. The van der Waals surface area contributed by atoms with E-state index in [1.165, 1.54) is 29.4 Å². The van der Waals surface area contributed by atoms with Crippen LogP contribution < -0.4 is 19.1 Å². The van der Waals surface area contributed by atoms with E-state index in [4.69, 9.17) is 19.2 Å². The zero-order chi connectivity index (χ0) is 31.3. The number of nitrogens with zero attached hydrogens (tertiary/aromatic N) is 2. The van der Waals surface area contributed by atoms with Crippen LogP contribution in [-0.2, 0) is 16.2 Å². The summed E-state index contributed by atoms with van der Waals surface area (Å²) in [5, 5.41) is 11.5. The van der Waals surface area contributed by atoms with E-state index in [-0.39, 0.29) is 5.57 Å². The Bertz CT molecular complexity index is 1920. The third-order valence-corrected chi connectivity index (χ3v) is 8.32. The van der Waals surface area contributed by atoms with Crippen LogP contribution in [0.4, 0.5) is 5.13 Å². The summed E-state index contributed by atoms with van der Waals surface area (Å²) in [6, 6.07) is 28.8. The molecule has 0 fully saturated rings. The Morgan fingerprint density at radius 2 is 1.71 bits per heavy atom. The van der Waals surface area contributed by atoms with E-state index in [9.17, 15) is 14.7 Å². The molecule has 1 aliphatic heterocycles. The maximum Gasteiger partial charge on any atom is 0.296 e. The number of aromatic nitrogens is 1. The molecule has 1 atom stereocenters. The predicted octanol–water partition coefficient (Wildman–Crippen LogP) is 7.47. The summed E-state index contributed by atoms with van der Waals surface area (Å²) in [6.07, 6.45) is 3.02. The highest BCUT2D eigenvalue weighted by atomic mass is 32.1. The van der Waals surface area contributed by atoms with Crippen LogP contribution in [0, 0.1) is 0 Å². The van der Waals surface area contributed by atoms with Gasteiger partial charge in [0.25, 0.3) is 5.91 Å². The predicted molar refractivity (Wildman–Crippen MR) is 175 cm³/mol. The van der Waals surface area contributed by atoms with Gasteiger partial charge in [0, 0.05) is 0 Å². The molecule has 5 aromatic rings. The second kappa shape index (κ2) is 13.1. The molecule has 0 bridgehead atoms. The van der Waals surface area contributed by atoms with E-state index >= 15 is 0 Å². The average Bonchev–Trinajstić information content (AvgIpc) is 3.61. The van der Waals surface area contributed by atoms with Gasteiger partial charge in [-0.2, -0.15) is 0 Å².